The standard InChI is InChI=1S/C16H17N4.C11H8N.CH4O.Ir/c1-11-9-12(2)14(16-18-6-8-20(16)4)10-13(11)15-17-5-7-19(15)3;1-2-6-10(7-3-1)11-8-4-5-9-12-11;1-2;/h5-9H,1-4H3;1-6,8-9H;2H,1H3;/q2*-1;;. The van der Waals surface area contributed by atoms with Crippen molar-refractivity contribution in [3.05, 3.63) is 103 Å². The fraction of sp³-hybridized carbons (Fsp3) is 0.179. The van der Waals surface area contributed by atoms with E-state index in [-0.39, 0.29) is 20.1 Å². The van der Waals surface area contributed by atoms with Gasteiger partial charge >= 0.3 is 0 Å². The zero-order chi connectivity index (χ0) is 24.5. The average molecular weight is 644 g/mol. The number of aryl methyl sites for hydroxylation is 4. The first-order valence-electron chi connectivity index (χ1n) is 10.9. The Morgan fingerprint density at radius 3 is 1.74 bits per heavy atom. The molecule has 6 nitrogen and oxygen atoms in total. The van der Waals surface area contributed by atoms with Gasteiger partial charge in [0, 0.05) is 72.3 Å². The van der Waals surface area contributed by atoms with E-state index in [0.717, 1.165) is 41.1 Å². The van der Waals surface area contributed by atoms with E-state index in [1.807, 2.05) is 90.5 Å². The molecule has 3 aromatic heterocycles. The Morgan fingerprint density at radius 1 is 0.743 bits per heavy atom. The quantitative estimate of drug-likeness (QED) is 0.279. The number of aliphatic hydroxyl groups is 1. The minimum Gasteiger partial charge on any atom is -0.400 e. The second kappa shape index (κ2) is 13.5. The number of aromatic nitrogens is 5. The molecule has 5 aromatic rings. The van der Waals surface area contributed by atoms with Crippen molar-refractivity contribution in [2.24, 2.45) is 14.1 Å². The number of hydrogen-bond acceptors (Lipinski definition) is 4. The van der Waals surface area contributed by atoms with Crippen molar-refractivity contribution in [2.45, 2.75) is 13.8 Å². The molecule has 0 amide bonds. The van der Waals surface area contributed by atoms with E-state index in [1.54, 1.807) is 6.20 Å². The first-order valence-corrected chi connectivity index (χ1v) is 10.9. The fourth-order valence-electron chi connectivity index (χ4n) is 3.54. The number of benzene rings is 2. The number of pyridine rings is 1. The summed E-state index contributed by atoms with van der Waals surface area (Å²) in [6.45, 7) is 4.19. The summed E-state index contributed by atoms with van der Waals surface area (Å²) >= 11 is 0. The molecule has 5 rings (SSSR count). The van der Waals surface area contributed by atoms with Crippen molar-refractivity contribution in [2.75, 3.05) is 7.11 Å². The van der Waals surface area contributed by atoms with Crippen molar-refractivity contribution >= 4 is 0 Å². The van der Waals surface area contributed by atoms with Crippen molar-refractivity contribution in [3.63, 3.8) is 0 Å². The molecule has 0 aliphatic heterocycles. The normalized spacial score (nSPS) is 9.77. The zero-order valence-electron chi connectivity index (χ0n) is 20.5. The SMILES string of the molecule is CO.Cc1cc(C)c(-c2nccn2C)[c-]c1-c1nccn1C.[Ir].[c-]1ccccc1-c1ccccn1. The first kappa shape index (κ1) is 27.9. The molecule has 0 aliphatic rings. The summed E-state index contributed by atoms with van der Waals surface area (Å²) in [5.41, 5.74) is 6.42. The van der Waals surface area contributed by atoms with Crippen molar-refractivity contribution < 1.29 is 25.2 Å². The Morgan fingerprint density at radius 2 is 1.31 bits per heavy atom. The summed E-state index contributed by atoms with van der Waals surface area (Å²) in [6.07, 6.45) is 9.30. The molecule has 0 bridgehead atoms. The van der Waals surface area contributed by atoms with E-state index in [0.29, 0.717) is 0 Å². The summed E-state index contributed by atoms with van der Waals surface area (Å²) in [5, 5.41) is 7.00. The van der Waals surface area contributed by atoms with Crippen LogP contribution in [0.4, 0.5) is 0 Å². The molecule has 1 N–H and O–H groups in total. The number of aliphatic hydroxyl groups excluding tert-OH is 1. The molecule has 183 valence electrons. The average Bonchev–Trinajstić information content (AvgIpc) is 3.50. The fourth-order valence-corrected chi connectivity index (χ4v) is 3.54. The molecule has 0 spiro atoms. The summed E-state index contributed by atoms with van der Waals surface area (Å²) in [6, 6.07) is 22.5. The van der Waals surface area contributed by atoms with Crippen LogP contribution in [0.15, 0.2) is 79.5 Å². The first-order chi connectivity index (χ1) is 16.5. The molecular weight excluding hydrogens is 615 g/mol. The van der Waals surface area contributed by atoms with Gasteiger partial charge in [0.1, 0.15) is 0 Å². The van der Waals surface area contributed by atoms with Gasteiger partial charge in [0.15, 0.2) is 0 Å². The monoisotopic (exact) mass is 644 g/mol. The van der Waals surface area contributed by atoms with Gasteiger partial charge in [-0.2, -0.15) is 0 Å². The third-order valence-electron chi connectivity index (χ3n) is 5.21. The van der Waals surface area contributed by atoms with Crippen LogP contribution in [0.25, 0.3) is 34.0 Å². The summed E-state index contributed by atoms with van der Waals surface area (Å²) < 4.78 is 4.02. The molecule has 0 saturated heterocycles. The van der Waals surface area contributed by atoms with Crippen LogP contribution in [-0.2, 0) is 34.2 Å². The molecule has 0 unspecified atom stereocenters. The summed E-state index contributed by atoms with van der Waals surface area (Å²) in [5.74, 6) is 1.86. The maximum Gasteiger partial charge on any atom is 0.0730 e. The van der Waals surface area contributed by atoms with Crippen LogP contribution in [0.2, 0.25) is 0 Å². The van der Waals surface area contributed by atoms with E-state index < -0.39 is 0 Å². The van der Waals surface area contributed by atoms with Gasteiger partial charge in [0.2, 0.25) is 0 Å². The number of rotatable bonds is 3. The Hall–Kier alpha value is -3.38. The van der Waals surface area contributed by atoms with E-state index in [4.69, 9.17) is 5.11 Å². The van der Waals surface area contributed by atoms with Gasteiger partial charge in [0.25, 0.3) is 0 Å². The van der Waals surface area contributed by atoms with Gasteiger partial charge in [-0.25, -0.2) is 0 Å². The minimum atomic E-state index is 0. The Labute approximate surface area is 220 Å². The molecule has 0 aliphatic carbocycles. The zero-order valence-corrected chi connectivity index (χ0v) is 22.9. The minimum absolute atomic E-state index is 0. The third-order valence-corrected chi connectivity index (χ3v) is 5.21. The van der Waals surface area contributed by atoms with Gasteiger partial charge in [-0.05, 0) is 11.8 Å². The molecule has 2 aromatic carbocycles. The van der Waals surface area contributed by atoms with E-state index in [1.165, 1.54) is 11.1 Å². The maximum atomic E-state index is 7.00. The second-order valence-electron chi connectivity index (χ2n) is 7.60. The molecule has 0 fully saturated rings. The molecule has 0 atom stereocenters. The largest absolute Gasteiger partial charge is 0.400 e. The van der Waals surface area contributed by atoms with Crippen LogP contribution in [0.1, 0.15) is 11.1 Å². The number of nitrogens with zero attached hydrogens (tertiary/aromatic N) is 5. The third kappa shape index (κ3) is 6.82. The molecule has 0 saturated carbocycles. The van der Waals surface area contributed by atoms with Crippen LogP contribution in [0, 0.1) is 26.0 Å². The number of hydrogen-bond donors (Lipinski definition) is 1. The Bertz CT molecular complexity index is 1210. The Kier molecular flexibility index (Phi) is 10.7. The van der Waals surface area contributed by atoms with Gasteiger partial charge in [-0.15, -0.1) is 59.2 Å². The topological polar surface area (TPSA) is 68.8 Å². The maximum absolute atomic E-state index is 7.00. The van der Waals surface area contributed by atoms with E-state index >= 15 is 0 Å². The van der Waals surface area contributed by atoms with Crippen LogP contribution in [-0.4, -0.2) is 36.3 Å². The summed E-state index contributed by atoms with van der Waals surface area (Å²) in [7, 11) is 4.99. The van der Waals surface area contributed by atoms with Gasteiger partial charge in [-0.3, -0.25) is 9.97 Å². The smallest absolute Gasteiger partial charge is 0.0730 e. The van der Waals surface area contributed by atoms with Crippen LogP contribution in [0.5, 0.6) is 0 Å². The van der Waals surface area contributed by atoms with Gasteiger partial charge < -0.3 is 19.2 Å². The summed E-state index contributed by atoms with van der Waals surface area (Å²) in [4.78, 5) is 13.1. The van der Waals surface area contributed by atoms with Crippen LogP contribution in [0.3, 0.4) is 0 Å². The Balaban J connectivity index is 0.000000247. The predicted molar refractivity (Wildman–Crippen MR) is 136 cm³/mol. The van der Waals surface area contributed by atoms with E-state index in [2.05, 4.69) is 47.0 Å². The van der Waals surface area contributed by atoms with E-state index in [9.17, 15) is 0 Å². The molecular formula is C28H29IrN5O-2. The van der Waals surface area contributed by atoms with Crippen molar-refractivity contribution in [3.8, 4) is 34.0 Å². The molecule has 35 heavy (non-hydrogen) atoms. The molecule has 3 heterocycles. The predicted octanol–water partition coefficient (Wildman–Crippen LogP) is 5.06. The second-order valence-corrected chi connectivity index (χ2v) is 7.60. The molecule has 7 heteroatoms. The van der Waals surface area contributed by atoms with Crippen molar-refractivity contribution in [1.29, 1.82) is 0 Å². The van der Waals surface area contributed by atoms with Gasteiger partial charge in [-0.1, -0.05) is 37.1 Å². The number of imidazole rings is 2. The van der Waals surface area contributed by atoms with Gasteiger partial charge in [0.05, 0.1) is 11.6 Å². The van der Waals surface area contributed by atoms with Crippen LogP contribution < -0.4 is 0 Å². The van der Waals surface area contributed by atoms with Crippen LogP contribution >= 0.6 is 0 Å². The van der Waals surface area contributed by atoms with Crippen molar-refractivity contribution in [1.82, 2.24) is 24.1 Å². The molecule has 1 radical (unpaired) electrons.